The van der Waals surface area contributed by atoms with Crippen LogP contribution in [0.4, 0.5) is 0 Å². The normalized spacial score (nSPS) is 11.4. The second kappa shape index (κ2) is 4.80. The largest absolute Gasteiger partial charge is 0.263 e. The van der Waals surface area contributed by atoms with E-state index >= 15 is 0 Å². The van der Waals surface area contributed by atoms with Crippen LogP contribution in [-0.4, -0.2) is 8.42 Å². The van der Waals surface area contributed by atoms with Crippen LogP contribution in [0.5, 0.6) is 0 Å². The summed E-state index contributed by atoms with van der Waals surface area (Å²) < 4.78 is 23.6. The topological polar surface area (TPSA) is 34.1 Å². The van der Waals surface area contributed by atoms with Crippen molar-refractivity contribution in [3.8, 4) is 11.1 Å². The average molecular weight is 332 g/mol. The first-order chi connectivity index (χ1) is 8.00. The first kappa shape index (κ1) is 12.6. The Bertz CT molecular complexity index is 639. The zero-order valence-electron chi connectivity index (χ0n) is 8.60. The van der Waals surface area contributed by atoms with Crippen molar-refractivity contribution in [3.05, 3.63) is 53.0 Å². The average Bonchev–Trinajstić information content (AvgIpc) is 2.28. The molecular weight excluding hydrogens is 324 g/mol. The molecule has 2 rings (SSSR count). The molecule has 0 saturated heterocycles. The maximum Gasteiger partial charge on any atom is 0.263 e. The molecule has 0 heterocycles. The van der Waals surface area contributed by atoms with Crippen LogP contribution in [0.1, 0.15) is 0 Å². The van der Waals surface area contributed by atoms with E-state index in [2.05, 4.69) is 15.9 Å². The van der Waals surface area contributed by atoms with Gasteiger partial charge in [0, 0.05) is 20.7 Å². The summed E-state index contributed by atoms with van der Waals surface area (Å²) in [6, 6.07) is 14.4. The van der Waals surface area contributed by atoms with E-state index in [1.54, 1.807) is 18.2 Å². The van der Waals surface area contributed by atoms with E-state index in [0.717, 1.165) is 5.56 Å². The van der Waals surface area contributed by atoms with Gasteiger partial charge in [0.05, 0.1) is 0 Å². The summed E-state index contributed by atoms with van der Waals surface area (Å²) in [5.74, 6) is 0. The predicted octanol–water partition coefficient (Wildman–Crippen LogP) is 4.04. The van der Waals surface area contributed by atoms with Gasteiger partial charge in [0.15, 0.2) is 0 Å². The van der Waals surface area contributed by atoms with Crippen LogP contribution in [0.2, 0.25) is 0 Å². The SMILES string of the molecule is O=S(=O)(Cl)c1c(Br)cccc1-c1ccccc1. The smallest absolute Gasteiger partial charge is 0.207 e. The number of hydrogen-bond acceptors (Lipinski definition) is 2. The van der Waals surface area contributed by atoms with Crippen LogP contribution in [-0.2, 0) is 9.05 Å². The second-order valence-corrected chi connectivity index (χ2v) is 6.78. The van der Waals surface area contributed by atoms with Crippen molar-refractivity contribution in [2.45, 2.75) is 4.90 Å². The predicted molar refractivity (Wildman–Crippen MR) is 72.6 cm³/mol. The van der Waals surface area contributed by atoms with E-state index in [9.17, 15) is 8.42 Å². The summed E-state index contributed by atoms with van der Waals surface area (Å²) in [5, 5.41) is 0. The molecule has 0 amide bonds. The zero-order valence-corrected chi connectivity index (χ0v) is 11.8. The third-order valence-electron chi connectivity index (χ3n) is 2.30. The lowest BCUT2D eigenvalue weighted by atomic mass is 10.1. The lowest BCUT2D eigenvalue weighted by molar-refractivity contribution is 0.609. The number of halogens is 2. The fraction of sp³-hybridized carbons (Fsp3) is 0. The number of hydrogen-bond donors (Lipinski definition) is 0. The van der Waals surface area contributed by atoms with E-state index in [1.807, 2.05) is 30.3 Å². The molecule has 0 atom stereocenters. The quantitative estimate of drug-likeness (QED) is 0.778. The molecule has 0 unspecified atom stereocenters. The standard InChI is InChI=1S/C12H8BrClO2S/c13-11-8-4-7-10(12(11)17(14,15)16)9-5-2-1-3-6-9/h1-8H. The lowest BCUT2D eigenvalue weighted by Crippen LogP contribution is -1.96. The molecule has 0 aliphatic rings. The first-order valence-corrected chi connectivity index (χ1v) is 7.89. The van der Waals surface area contributed by atoms with Crippen molar-refractivity contribution in [2.24, 2.45) is 0 Å². The van der Waals surface area contributed by atoms with Crippen molar-refractivity contribution in [3.63, 3.8) is 0 Å². The third-order valence-corrected chi connectivity index (χ3v) is 4.61. The Kier molecular flexibility index (Phi) is 3.56. The molecular formula is C12H8BrClO2S. The minimum Gasteiger partial charge on any atom is -0.207 e. The van der Waals surface area contributed by atoms with Gasteiger partial charge in [0.2, 0.25) is 0 Å². The van der Waals surface area contributed by atoms with Crippen LogP contribution >= 0.6 is 26.6 Å². The van der Waals surface area contributed by atoms with E-state index in [0.29, 0.717) is 10.0 Å². The Hall–Kier alpha value is -0.840. The monoisotopic (exact) mass is 330 g/mol. The van der Waals surface area contributed by atoms with Crippen LogP contribution in [0.3, 0.4) is 0 Å². The van der Waals surface area contributed by atoms with E-state index in [4.69, 9.17) is 10.7 Å². The fourth-order valence-corrected chi connectivity index (χ4v) is 4.14. The van der Waals surface area contributed by atoms with Gasteiger partial charge in [0.1, 0.15) is 4.90 Å². The van der Waals surface area contributed by atoms with Gasteiger partial charge < -0.3 is 0 Å². The first-order valence-electron chi connectivity index (χ1n) is 4.79. The van der Waals surface area contributed by atoms with Crippen molar-refractivity contribution < 1.29 is 8.42 Å². The van der Waals surface area contributed by atoms with Gasteiger partial charge in [-0.25, -0.2) is 8.42 Å². The molecule has 0 saturated carbocycles. The minimum atomic E-state index is -3.79. The molecule has 2 aromatic carbocycles. The molecule has 5 heteroatoms. The Morgan fingerprint density at radius 2 is 1.59 bits per heavy atom. The fourth-order valence-electron chi connectivity index (χ4n) is 1.60. The zero-order chi connectivity index (χ0) is 12.5. The van der Waals surface area contributed by atoms with Crippen LogP contribution in [0.15, 0.2) is 57.9 Å². The van der Waals surface area contributed by atoms with Crippen molar-refractivity contribution in [1.29, 1.82) is 0 Å². The highest BCUT2D eigenvalue weighted by atomic mass is 79.9. The molecule has 2 nitrogen and oxygen atoms in total. The Balaban J connectivity index is 2.76. The highest BCUT2D eigenvalue weighted by Crippen LogP contribution is 2.34. The van der Waals surface area contributed by atoms with Crippen LogP contribution in [0, 0.1) is 0 Å². The number of rotatable bonds is 2. The molecule has 0 spiro atoms. The van der Waals surface area contributed by atoms with Crippen LogP contribution in [0.25, 0.3) is 11.1 Å². The van der Waals surface area contributed by atoms with Gasteiger partial charge >= 0.3 is 0 Å². The number of benzene rings is 2. The molecule has 0 aliphatic carbocycles. The van der Waals surface area contributed by atoms with Crippen molar-refractivity contribution in [2.75, 3.05) is 0 Å². The summed E-state index contributed by atoms with van der Waals surface area (Å²) in [6.07, 6.45) is 0. The minimum absolute atomic E-state index is 0.105. The van der Waals surface area contributed by atoms with Gasteiger partial charge in [-0.2, -0.15) is 0 Å². The van der Waals surface area contributed by atoms with Crippen molar-refractivity contribution >= 4 is 35.7 Å². The lowest BCUT2D eigenvalue weighted by Gasteiger charge is -2.08. The molecule has 0 N–H and O–H groups in total. The summed E-state index contributed by atoms with van der Waals surface area (Å²) in [5.41, 5.74) is 1.41. The van der Waals surface area contributed by atoms with E-state index < -0.39 is 9.05 Å². The van der Waals surface area contributed by atoms with Gasteiger partial charge in [-0.15, -0.1) is 0 Å². The van der Waals surface area contributed by atoms with E-state index in [1.165, 1.54) is 0 Å². The van der Waals surface area contributed by atoms with Crippen molar-refractivity contribution in [1.82, 2.24) is 0 Å². The van der Waals surface area contributed by atoms with Gasteiger partial charge in [0.25, 0.3) is 9.05 Å². The molecule has 0 radical (unpaired) electrons. The third kappa shape index (κ3) is 2.70. The molecule has 88 valence electrons. The molecule has 0 bridgehead atoms. The van der Waals surface area contributed by atoms with E-state index in [-0.39, 0.29) is 4.90 Å². The van der Waals surface area contributed by atoms with Gasteiger partial charge in [-0.05, 0) is 27.6 Å². The Morgan fingerprint density at radius 3 is 2.18 bits per heavy atom. The van der Waals surface area contributed by atoms with Gasteiger partial charge in [-0.3, -0.25) is 0 Å². The van der Waals surface area contributed by atoms with Crippen LogP contribution < -0.4 is 0 Å². The van der Waals surface area contributed by atoms with Gasteiger partial charge in [-0.1, -0.05) is 42.5 Å². The summed E-state index contributed by atoms with van der Waals surface area (Å²) in [4.78, 5) is 0.105. The maximum atomic E-state index is 11.6. The summed E-state index contributed by atoms with van der Waals surface area (Å²) >= 11 is 3.22. The molecule has 0 aliphatic heterocycles. The molecule has 0 fully saturated rings. The Morgan fingerprint density at radius 1 is 0.941 bits per heavy atom. The Labute approximate surface area is 113 Å². The maximum absolute atomic E-state index is 11.6. The molecule has 0 aromatic heterocycles. The second-order valence-electron chi connectivity index (χ2n) is 3.42. The highest BCUT2D eigenvalue weighted by molar-refractivity contribution is 9.10. The molecule has 2 aromatic rings. The highest BCUT2D eigenvalue weighted by Gasteiger charge is 2.19. The summed E-state index contributed by atoms with van der Waals surface area (Å²) in [6.45, 7) is 0. The molecule has 17 heavy (non-hydrogen) atoms. The summed E-state index contributed by atoms with van der Waals surface area (Å²) in [7, 11) is 1.67.